The SMILES string of the molecule is N#Cc1ccc2c(n1)C(=O)CC2. The van der Waals surface area contributed by atoms with Crippen LogP contribution in [0.15, 0.2) is 12.1 Å². The van der Waals surface area contributed by atoms with Crippen molar-refractivity contribution < 1.29 is 4.79 Å². The van der Waals surface area contributed by atoms with Crippen LogP contribution >= 0.6 is 0 Å². The van der Waals surface area contributed by atoms with E-state index < -0.39 is 0 Å². The molecule has 0 fully saturated rings. The van der Waals surface area contributed by atoms with Gasteiger partial charge in [0.2, 0.25) is 0 Å². The van der Waals surface area contributed by atoms with Crippen LogP contribution in [0.25, 0.3) is 0 Å². The lowest BCUT2D eigenvalue weighted by molar-refractivity contribution is 0.0990. The first-order valence-electron chi connectivity index (χ1n) is 3.74. The highest BCUT2D eigenvalue weighted by Crippen LogP contribution is 2.19. The van der Waals surface area contributed by atoms with Crippen molar-refractivity contribution in [2.24, 2.45) is 0 Å². The Hall–Kier alpha value is -1.69. The summed E-state index contributed by atoms with van der Waals surface area (Å²) in [5.74, 6) is 0.0575. The van der Waals surface area contributed by atoms with Crippen molar-refractivity contribution in [2.75, 3.05) is 0 Å². The molecule has 0 unspecified atom stereocenters. The normalized spacial score (nSPS) is 14.1. The molecule has 0 amide bonds. The van der Waals surface area contributed by atoms with Crippen molar-refractivity contribution in [3.8, 4) is 6.07 Å². The largest absolute Gasteiger partial charge is 0.292 e. The lowest BCUT2D eigenvalue weighted by Crippen LogP contribution is -1.97. The second-order valence-corrected chi connectivity index (χ2v) is 2.74. The van der Waals surface area contributed by atoms with E-state index in [1.54, 1.807) is 6.07 Å². The van der Waals surface area contributed by atoms with Gasteiger partial charge in [0.15, 0.2) is 5.78 Å². The molecule has 3 nitrogen and oxygen atoms in total. The molecule has 1 heterocycles. The molecule has 0 aromatic carbocycles. The molecule has 0 saturated heterocycles. The molecule has 3 heteroatoms. The van der Waals surface area contributed by atoms with E-state index in [0.29, 0.717) is 17.8 Å². The summed E-state index contributed by atoms with van der Waals surface area (Å²) in [5, 5.41) is 8.53. The maximum absolute atomic E-state index is 11.2. The second kappa shape index (κ2) is 2.42. The Balaban J connectivity index is 2.59. The number of carbonyl (C=O) groups excluding carboxylic acids is 1. The molecule has 1 aliphatic rings. The van der Waals surface area contributed by atoms with Gasteiger partial charge in [-0.25, -0.2) is 4.98 Å². The Labute approximate surface area is 69.7 Å². The van der Waals surface area contributed by atoms with Gasteiger partial charge in [-0.1, -0.05) is 6.07 Å². The fraction of sp³-hybridized carbons (Fsp3) is 0.222. The number of Topliss-reactive ketones (excluding diaryl/α,β-unsaturated/α-hetero) is 1. The van der Waals surface area contributed by atoms with Gasteiger partial charge in [0.1, 0.15) is 17.5 Å². The van der Waals surface area contributed by atoms with Gasteiger partial charge in [-0.2, -0.15) is 5.26 Å². The molecule has 0 radical (unpaired) electrons. The summed E-state index contributed by atoms with van der Waals surface area (Å²) in [5.41, 5.74) is 1.79. The number of ketones is 1. The Kier molecular flexibility index (Phi) is 1.41. The van der Waals surface area contributed by atoms with Gasteiger partial charge >= 0.3 is 0 Å². The zero-order valence-corrected chi connectivity index (χ0v) is 6.37. The van der Waals surface area contributed by atoms with Crippen LogP contribution < -0.4 is 0 Å². The summed E-state index contributed by atoms with van der Waals surface area (Å²) in [4.78, 5) is 15.1. The van der Waals surface area contributed by atoms with E-state index in [0.717, 1.165) is 12.0 Å². The predicted molar refractivity (Wildman–Crippen MR) is 41.6 cm³/mol. The number of aryl methyl sites for hydroxylation is 1. The van der Waals surface area contributed by atoms with Gasteiger partial charge in [0, 0.05) is 6.42 Å². The minimum Gasteiger partial charge on any atom is -0.292 e. The van der Waals surface area contributed by atoms with Crippen LogP contribution in [-0.2, 0) is 6.42 Å². The number of rotatable bonds is 0. The Morgan fingerprint density at radius 1 is 1.42 bits per heavy atom. The van der Waals surface area contributed by atoms with Gasteiger partial charge in [-0.15, -0.1) is 0 Å². The monoisotopic (exact) mass is 158 g/mol. The molecule has 0 atom stereocenters. The van der Waals surface area contributed by atoms with Crippen LogP contribution in [0, 0.1) is 11.3 Å². The third-order valence-electron chi connectivity index (χ3n) is 1.98. The number of aromatic nitrogens is 1. The lowest BCUT2D eigenvalue weighted by Gasteiger charge is -1.94. The number of hydrogen-bond donors (Lipinski definition) is 0. The summed E-state index contributed by atoms with van der Waals surface area (Å²) >= 11 is 0. The smallest absolute Gasteiger partial charge is 0.181 e. The number of nitrogens with zero attached hydrogens (tertiary/aromatic N) is 2. The van der Waals surface area contributed by atoms with Crippen molar-refractivity contribution >= 4 is 5.78 Å². The van der Waals surface area contributed by atoms with Crippen LogP contribution in [0.2, 0.25) is 0 Å². The average Bonchev–Trinajstić information content (AvgIpc) is 2.47. The van der Waals surface area contributed by atoms with Crippen LogP contribution in [-0.4, -0.2) is 10.8 Å². The predicted octanol–water partition coefficient (Wildman–Crippen LogP) is 1.08. The zero-order chi connectivity index (χ0) is 8.55. The van der Waals surface area contributed by atoms with E-state index in [2.05, 4.69) is 4.98 Å². The highest BCUT2D eigenvalue weighted by molar-refractivity contribution is 5.98. The fourth-order valence-corrected chi connectivity index (χ4v) is 1.36. The van der Waals surface area contributed by atoms with E-state index in [-0.39, 0.29) is 5.78 Å². The highest BCUT2D eigenvalue weighted by atomic mass is 16.1. The van der Waals surface area contributed by atoms with E-state index in [9.17, 15) is 4.79 Å². The van der Waals surface area contributed by atoms with Gasteiger partial charge < -0.3 is 0 Å². The van der Waals surface area contributed by atoms with Crippen molar-refractivity contribution in [3.05, 3.63) is 29.1 Å². The van der Waals surface area contributed by atoms with Crippen molar-refractivity contribution in [1.82, 2.24) is 4.98 Å². The first-order valence-corrected chi connectivity index (χ1v) is 3.74. The summed E-state index contributed by atoms with van der Waals surface area (Å²) in [7, 11) is 0. The minimum absolute atomic E-state index is 0.0575. The van der Waals surface area contributed by atoms with Crippen LogP contribution in [0.4, 0.5) is 0 Å². The number of carbonyl (C=O) groups is 1. The van der Waals surface area contributed by atoms with Crippen molar-refractivity contribution in [1.29, 1.82) is 5.26 Å². The average molecular weight is 158 g/mol. The number of nitriles is 1. The summed E-state index contributed by atoms with van der Waals surface area (Å²) in [6.07, 6.45) is 1.31. The molecule has 0 aliphatic heterocycles. The molecule has 58 valence electrons. The number of hydrogen-bond acceptors (Lipinski definition) is 3. The summed E-state index contributed by atoms with van der Waals surface area (Å²) < 4.78 is 0. The Morgan fingerprint density at radius 2 is 2.25 bits per heavy atom. The molecule has 0 saturated carbocycles. The molecule has 12 heavy (non-hydrogen) atoms. The van der Waals surface area contributed by atoms with E-state index in [1.807, 2.05) is 12.1 Å². The number of pyridine rings is 1. The maximum Gasteiger partial charge on any atom is 0.181 e. The summed E-state index contributed by atoms with van der Waals surface area (Å²) in [6.45, 7) is 0. The highest BCUT2D eigenvalue weighted by Gasteiger charge is 2.20. The molecule has 1 aromatic rings. The molecule has 1 aromatic heterocycles. The van der Waals surface area contributed by atoms with Crippen molar-refractivity contribution in [2.45, 2.75) is 12.8 Å². The third-order valence-corrected chi connectivity index (χ3v) is 1.98. The van der Waals surface area contributed by atoms with Gasteiger partial charge in [-0.3, -0.25) is 4.79 Å². The van der Waals surface area contributed by atoms with Gasteiger partial charge in [0.05, 0.1) is 0 Å². The molecular weight excluding hydrogens is 152 g/mol. The van der Waals surface area contributed by atoms with Crippen LogP contribution in [0.1, 0.15) is 28.2 Å². The maximum atomic E-state index is 11.2. The van der Waals surface area contributed by atoms with Gasteiger partial charge in [-0.05, 0) is 18.1 Å². The molecular formula is C9H6N2O. The van der Waals surface area contributed by atoms with Crippen LogP contribution in [0.5, 0.6) is 0 Å². The van der Waals surface area contributed by atoms with E-state index in [1.165, 1.54) is 0 Å². The molecule has 0 bridgehead atoms. The molecule has 0 spiro atoms. The molecule has 0 N–H and O–H groups in total. The third kappa shape index (κ3) is 0.892. The first-order chi connectivity index (χ1) is 5.81. The lowest BCUT2D eigenvalue weighted by atomic mass is 10.2. The zero-order valence-electron chi connectivity index (χ0n) is 6.37. The second-order valence-electron chi connectivity index (χ2n) is 2.74. The topological polar surface area (TPSA) is 53.8 Å². The van der Waals surface area contributed by atoms with E-state index >= 15 is 0 Å². The Bertz CT molecular complexity index is 390. The van der Waals surface area contributed by atoms with Gasteiger partial charge in [0.25, 0.3) is 0 Å². The first kappa shape index (κ1) is 6.99. The van der Waals surface area contributed by atoms with Crippen molar-refractivity contribution in [3.63, 3.8) is 0 Å². The van der Waals surface area contributed by atoms with Crippen LogP contribution in [0.3, 0.4) is 0 Å². The Morgan fingerprint density at radius 3 is 3.00 bits per heavy atom. The molecule has 2 rings (SSSR count). The molecule has 1 aliphatic carbocycles. The fourth-order valence-electron chi connectivity index (χ4n) is 1.36. The van der Waals surface area contributed by atoms with E-state index in [4.69, 9.17) is 5.26 Å². The standard InChI is InChI=1S/C9H6N2O/c10-5-7-3-1-6-2-4-8(12)9(6)11-7/h1,3H,2,4H2. The number of fused-ring (bicyclic) bond motifs is 1. The quantitative estimate of drug-likeness (QED) is 0.567. The summed E-state index contributed by atoms with van der Waals surface area (Å²) in [6, 6.07) is 5.38. The minimum atomic E-state index is 0.0575.